The summed E-state index contributed by atoms with van der Waals surface area (Å²) >= 11 is 0. The Bertz CT molecular complexity index is 412. The number of carbonyl (C=O) groups is 3. The van der Waals surface area contributed by atoms with Crippen LogP contribution in [0.3, 0.4) is 0 Å². The molecule has 0 radical (unpaired) electrons. The molecule has 1 amide bonds. The van der Waals surface area contributed by atoms with Crippen molar-refractivity contribution < 1.29 is 19.1 Å². The minimum absolute atomic E-state index is 0.0134. The van der Waals surface area contributed by atoms with E-state index in [1.807, 2.05) is 0 Å². The molecule has 2 fully saturated rings. The number of fused-ring (bicyclic) bond motifs is 1. The zero-order chi connectivity index (χ0) is 13.3. The van der Waals surface area contributed by atoms with Gasteiger partial charge < -0.3 is 0 Å². The van der Waals surface area contributed by atoms with Crippen LogP contribution in [0.4, 0.5) is 0 Å². The van der Waals surface area contributed by atoms with E-state index in [0.717, 1.165) is 7.15 Å². The number of amides is 1. The molecule has 96 valence electrons. The Kier molecular flexibility index (Phi) is 3.70. The number of nitrogens with zero attached hydrogens (tertiary/aromatic N) is 1. The molecular formula is C11H15BN2O4. The van der Waals surface area contributed by atoms with Crippen molar-refractivity contribution in [2.45, 2.75) is 31.8 Å². The van der Waals surface area contributed by atoms with E-state index < -0.39 is 0 Å². The number of hydrogen-bond acceptors (Lipinski definition) is 5. The van der Waals surface area contributed by atoms with E-state index in [-0.39, 0.29) is 54.8 Å². The summed E-state index contributed by atoms with van der Waals surface area (Å²) in [5.74, 6) is -0.305. The fraction of sp³-hybridized carbons (Fsp3) is 0.727. The van der Waals surface area contributed by atoms with Crippen LogP contribution in [-0.4, -0.2) is 54.6 Å². The number of Topliss-reactive ketones (excluding diaryl/α,β-unsaturated/α-hetero) is 2. The molecule has 6 nitrogen and oxygen atoms in total. The second-order valence-corrected chi connectivity index (χ2v) is 4.98. The molecule has 0 bridgehead atoms. The first-order valence-electron chi connectivity index (χ1n) is 6.02. The minimum atomic E-state index is -0.273. The average Bonchev–Trinajstić information content (AvgIpc) is 2.49. The van der Waals surface area contributed by atoms with Crippen LogP contribution in [0.2, 0.25) is 0 Å². The Morgan fingerprint density at radius 3 is 2.78 bits per heavy atom. The first kappa shape index (κ1) is 13.1. The van der Waals surface area contributed by atoms with Crippen molar-refractivity contribution >= 4 is 24.6 Å². The molecule has 3 unspecified atom stereocenters. The van der Waals surface area contributed by atoms with E-state index in [0.29, 0.717) is 6.54 Å². The number of nitrogens with one attached hydrogen (secondary N) is 1. The zero-order valence-electron chi connectivity index (χ0n) is 10.2. The molecule has 2 rings (SSSR count). The predicted molar refractivity (Wildman–Crippen MR) is 62.1 cm³/mol. The molecule has 18 heavy (non-hydrogen) atoms. The van der Waals surface area contributed by atoms with Crippen LogP contribution in [0, 0.1) is 5.92 Å². The third kappa shape index (κ3) is 2.41. The quantitative estimate of drug-likeness (QED) is 0.361. The van der Waals surface area contributed by atoms with Crippen molar-refractivity contribution in [3.63, 3.8) is 0 Å². The van der Waals surface area contributed by atoms with Gasteiger partial charge in [0.05, 0.1) is 0 Å². The van der Waals surface area contributed by atoms with E-state index in [4.69, 9.17) is 0 Å². The third-order valence-corrected chi connectivity index (χ3v) is 3.53. The number of ketones is 2. The van der Waals surface area contributed by atoms with Crippen molar-refractivity contribution in [1.29, 1.82) is 0 Å². The van der Waals surface area contributed by atoms with Gasteiger partial charge in [0.25, 0.3) is 0 Å². The number of likely N-dealkylation sites (tertiary alicyclic amines) is 1. The van der Waals surface area contributed by atoms with Gasteiger partial charge in [-0.2, -0.15) is 0 Å². The average molecular weight is 250 g/mol. The van der Waals surface area contributed by atoms with Gasteiger partial charge in [-0.15, -0.1) is 0 Å². The Labute approximate surface area is 105 Å². The van der Waals surface area contributed by atoms with Gasteiger partial charge in [0.15, 0.2) is 0 Å². The van der Waals surface area contributed by atoms with Gasteiger partial charge in [-0.3, -0.25) is 0 Å². The molecule has 3 atom stereocenters. The van der Waals surface area contributed by atoms with Crippen molar-refractivity contribution in [2.75, 3.05) is 13.0 Å². The van der Waals surface area contributed by atoms with Crippen LogP contribution in [0.25, 0.3) is 0 Å². The SMILES string of the molecule is CC(=O)CC(=O)CC1CN(CB=O)C2C(=O)NC12. The predicted octanol–water partition coefficient (Wildman–Crippen LogP) is -1.27. The van der Waals surface area contributed by atoms with Crippen LogP contribution in [-0.2, 0) is 19.1 Å². The van der Waals surface area contributed by atoms with Gasteiger partial charge in [-0.1, -0.05) is 0 Å². The fourth-order valence-corrected chi connectivity index (χ4v) is 2.81. The van der Waals surface area contributed by atoms with Crippen LogP contribution in [0.1, 0.15) is 19.8 Å². The van der Waals surface area contributed by atoms with Crippen LogP contribution >= 0.6 is 0 Å². The normalized spacial score (nSPS) is 30.1. The third-order valence-electron chi connectivity index (χ3n) is 3.53. The number of carbonyl (C=O) groups excluding carboxylic acids is 3. The fourth-order valence-electron chi connectivity index (χ4n) is 2.81. The molecule has 2 heterocycles. The van der Waals surface area contributed by atoms with Gasteiger partial charge in [0.2, 0.25) is 0 Å². The summed E-state index contributed by atoms with van der Waals surface area (Å²) in [5.41, 5.74) is 0. The zero-order valence-corrected chi connectivity index (χ0v) is 10.2. The molecule has 7 heteroatoms. The summed E-state index contributed by atoms with van der Waals surface area (Å²) in [4.78, 5) is 35.7. The van der Waals surface area contributed by atoms with Gasteiger partial charge in [0, 0.05) is 0 Å². The maximum absolute atomic E-state index is 11.6. The second-order valence-electron chi connectivity index (χ2n) is 4.98. The molecule has 0 saturated carbocycles. The van der Waals surface area contributed by atoms with E-state index in [2.05, 4.69) is 5.32 Å². The Hall–Kier alpha value is -1.37. The molecule has 2 aliphatic heterocycles. The standard InChI is InChI=1S/C11H15BN2O4/c1-6(15)2-8(16)3-7-4-14(5-12-18)10-9(7)13-11(10)17/h7,9-10H,2-5H2,1H3,(H,13,17). The van der Waals surface area contributed by atoms with Crippen LogP contribution in [0.5, 0.6) is 0 Å². The maximum atomic E-state index is 11.6. The van der Waals surface area contributed by atoms with E-state index in [1.54, 1.807) is 4.90 Å². The van der Waals surface area contributed by atoms with Crippen LogP contribution < -0.4 is 5.32 Å². The summed E-state index contributed by atoms with van der Waals surface area (Å²) in [6.45, 7) is 1.94. The molecule has 0 aliphatic carbocycles. The monoisotopic (exact) mass is 250 g/mol. The molecule has 0 aromatic heterocycles. The van der Waals surface area contributed by atoms with E-state index >= 15 is 0 Å². The Morgan fingerprint density at radius 1 is 1.50 bits per heavy atom. The molecule has 0 spiro atoms. The summed E-state index contributed by atoms with van der Waals surface area (Å²) in [5, 5.41) is 2.77. The summed E-state index contributed by atoms with van der Waals surface area (Å²) < 4.78 is 10.5. The van der Waals surface area contributed by atoms with Gasteiger partial charge in [0.1, 0.15) is 0 Å². The van der Waals surface area contributed by atoms with E-state index in [9.17, 15) is 19.1 Å². The summed E-state index contributed by atoms with van der Waals surface area (Å²) in [6.07, 6.45) is 0.456. The Balaban J connectivity index is 1.95. The molecule has 1 N–H and O–H groups in total. The first-order valence-corrected chi connectivity index (χ1v) is 6.02. The molecule has 0 aromatic carbocycles. The second kappa shape index (κ2) is 5.10. The molecule has 2 saturated heterocycles. The number of hydrogen-bond donors (Lipinski definition) is 1. The molecule has 2 aliphatic rings. The van der Waals surface area contributed by atoms with Crippen LogP contribution in [0.15, 0.2) is 0 Å². The molecule has 0 aromatic rings. The van der Waals surface area contributed by atoms with Crippen molar-refractivity contribution in [3.05, 3.63) is 0 Å². The number of β-lactam (4-membered cyclic amide) rings is 1. The van der Waals surface area contributed by atoms with Gasteiger partial charge in [-0.25, -0.2) is 0 Å². The first-order chi connectivity index (χ1) is 8.52. The van der Waals surface area contributed by atoms with Gasteiger partial charge >= 0.3 is 105 Å². The van der Waals surface area contributed by atoms with Gasteiger partial charge in [-0.05, 0) is 0 Å². The number of rotatable bonds is 6. The summed E-state index contributed by atoms with van der Waals surface area (Å²) in [7, 11) is 0.766. The van der Waals surface area contributed by atoms with Crippen molar-refractivity contribution in [1.82, 2.24) is 10.2 Å². The molecular weight excluding hydrogens is 235 g/mol. The summed E-state index contributed by atoms with van der Waals surface area (Å²) in [6, 6.07) is -0.321. The van der Waals surface area contributed by atoms with E-state index in [1.165, 1.54) is 6.92 Å². The van der Waals surface area contributed by atoms with Crippen molar-refractivity contribution in [3.8, 4) is 0 Å². The topological polar surface area (TPSA) is 83.6 Å². The van der Waals surface area contributed by atoms with Crippen molar-refractivity contribution in [2.24, 2.45) is 5.92 Å². The Morgan fingerprint density at radius 2 is 2.22 bits per heavy atom.